The second kappa shape index (κ2) is 4.21. The maximum atomic E-state index is 11.4. The highest BCUT2D eigenvalue weighted by molar-refractivity contribution is 9.10. The fraction of sp³-hybridized carbons (Fsp3) is 0.333. The van der Waals surface area contributed by atoms with Crippen molar-refractivity contribution in [2.24, 2.45) is 0 Å². The number of hydrogen-bond acceptors (Lipinski definition) is 3. The maximum Gasteiger partial charge on any atom is 0.318 e. The summed E-state index contributed by atoms with van der Waals surface area (Å²) in [6.07, 6.45) is 0. The molecule has 1 atom stereocenters. The summed E-state index contributed by atoms with van der Waals surface area (Å²) in [6, 6.07) is 3.82. The van der Waals surface area contributed by atoms with E-state index >= 15 is 0 Å². The Balaban J connectivity index is 2.09. The van der Waals surface area contributed by atoms with E-state index in [0.29, 0.717) is 6.54 Å². The normalized spacial score (nSPS) is 20.1. The lowest BCUT2D eigenvalue weighted by molar-refractivity contribution is 0.222. The zero-order valence-electron chi connectivity index (χ0n) is 7.74. The summed E-state index contributed by atoms with van der Waals surface area (Å²) in [7, 11) is 0. The second-order valence-corrected chi connectivity index (χ2v) is 5.07. The van der Waals surface area contributed by atoms with Gasteiger partial charge in [-0.15, -0.1) is 11.3 Å². The number of thiophene rings is 1. The van der Waals surface area contributed by atoms with E-state index in [0.717, 1.165) is 9.35 Å². The number of urea groups is 1. The summed E-state index contributed by atoms with van der Waals surface area (Å²) < 4.78 is 1.02. The molecule has 1 aromatic heterocycles. The number of rotatable bonds is 2. The predicted molar refractivity (Wildman–Crippen MR) is 60.5 cm³/mol. The molecule has 1 saturated heterocycles. The Bertz CT molecular complexity index is 425. The minimum atomic E-state index is -0.161. The molecule has 1 unspecified atom stereocenters. The zero-order valence-corrected chi connectivity index (χ0v) is 10.1. The van der Waals surface area contributed by atoms with Crippen molar-refractivity contribution in [2.75, 3.05) is 13.1 Å². The SMILES string of the molecule is N#CCN1CC(c2cc(Br)cs2)NC1=O. The van der Waals surface area contributed by atoms with Gasteiger partial charge in [-0.05, 0) is 22.0 Å². The van der Waals surface area contributed by atoms with Crippen molar-refractivity contribution < 1.29 is 4.79 Å². The van der Waals surface area contributed by atoms with Gasteiger partial charge in [0.2, 0.25) is 0 Å². The topological polar surface area (TPSA) is 56.1 Å². The van der Waals surface area contributed by atoms with Crippen molar-refractivity contribution in [3.8, 4) is 6.07 Å². The molecule has 15 heavy (non-hydrogen) atoms. The monoisotopic (exact) mass is 285 g/mol. The molecule has 78 valence electrons. The van der Waals surface area contributed by atoms with Crippen LogP contribution in [0.25, 0.3) is 0 Å². The van der Waals surface area contributed by atoms with Gasteiger partial charge in [-0.25, -0.2) is 4.79 Å². The molecule has 0 aliphatic carbocycles. The molecule has 1 aliphatic heterocycles. The predicted octanol–water partition coefficient (Wildman–Crippen LogP) is 2.10. The number of nitrogens with one attached hydrogen (secondary N) is 1. The second-order valence-electron chi connectivity index (χ2n) is 3.21. The molecule has 0 radical (unpaired) electrons. The van der Waals surface area contributed by atoms with Gasteiger partial charge >= 0.3 is 6.03 Å². The Morgan fingerprint density at radius 2 is 2.60 bits per heavy atom. The first-order valence-electron chi connectivity index (χ1n) is 4.37. The van der Waals surface area contributed by atoms with Gasteiger partial charge < -0.3 is 10.2 Å². The van der Waals surface area contributed by atoms with Crippen LogP contribution in [0.3, 0.4) is 0 Å². The molecule has 2 heterocycles. The summed E-state index contributed by atoms with van der Waals surface area (Å²) in [5.74, 6) is 0. The van der Waals surface area contributed by atoms with E-state index in [9.17, 15) is 4.79 Å². The molecule has 0 saturated carbocycles. The third-order valence-corrected chi connectivity index (χ3v) is 3.99. The molecule has 6 heteroatoms. The van der Waals surface area contributed by atoms with Crippen LogP contribution in [-0.4, -0.2) is 24.0 Å². The molecule has 1 fully saturated rings. The number of amides is 2. The van der Waals surface area contributed by atoms with Crippen LogP contribution in [0.5, 0.6) is 0 Å². The van der Waals surface area contributed by atoms with Crippen molar-refractivity contribution in [1.29, 1.82) is 5.26 Å². The van der Waals surface area contributed by atoms with E-state index in [1.54, 1.807) is 11.3 Å². The molecule has 0 aromatic carbocycles. The van der Waals surface area contributed by atoms with Gasteiger partial charge in [0.15, 0.2) is 0 Å². The van der Waals surface area contributed by atoms with Crippen LogP contribution in [0.2, 0.25) is 0 Å². The Morgan fingerprint density at radius 1 is 1.80 bits per heavy atom. The van der Waals surface area contributed by atoms with Crippen LogP contribution in [0, 0.1) is 11.3 Å². The minimum absolute atomic E-state index is 0.0159. The average Bonchev–Trinajstić information content (AvgIpc) is 2.75. The molecule has 1 N–H and O–H groups in total. The van der Waals surface area contributed by atoms with E-state index in [-0.39, 0.29) is 18.6 Å². The number of halogens is 1. The van der Waals surface area contributed by atoms with Crippen LogP contribution in [0.4, 0.5) is 4.79 Å². The van der Waals surface area contributed by atoms with Crippen LogP contribution < -0.4 is 5.32 Å². The highest BCUT2D eigenvalue weighted by Crippen LogP contribution is 2.28. The fourth-order valence-electron chi connectivity index (χ4n) is 1.48. The number of nitrogens with zero attached hydrogens (tertiary/aromatic N) is 2. The lowest BCUT2D eigenvalue weighted by Crippen LogP contribution is -2.28. The standard InChI is InChI=1S/C9H8BrN3OS/c10-6-3-8(15-5-6)7-4-13(2-1-11)9(14)12-7/h3,5,7H,2,4H2,(H,12,14). The molecule has 0 spiro atoms. The molecule has 4 nitrogen and oxygen atoms in total. The van der Waals surface area contributed by atoms with Gasteiger partial charge in [-0.1, -0.05) is 0 Å². The van der Waals surface area contributed by atoms with Gasteiger partial charge in [0, 0.05) is 21.3 Å². The first-order chi connectivity index (χ1) is 7.20. The van der Waals surface area contributed by atoms with E-state index in [1.807, 2.05) is 17.5 Å². The number of hydrogen-bond donors (Lipinski definition) is 1. The quantitative estimate of drug-likeness (QED) is 0.846. The highest BCUT2D eigenvalue weighted by atomic mass is 79.9. The fourth-order valence-corrected chi connectivity index (χ4v) is 2.97. The summed E-state index contributed by atoms with van der Waals surface area (Å²) in [5, 5.41) is 13.4. The molecule has 2 amide bonds. The van der Waals surface area contributed by atoms with E-state index in [1.165, 1.54) is 4.90 Å². The first-order valence-corrected chi connectivity index (χ1v) is 6.04. The van der Waals surface area contributed by atoms with Crippen LogP contribution in [0.15, 0.2) is 15.9 Å². The third-order valence-electron chi connectivity index (χ3n) is 2.18. The van der Waals surface area contributed by atoms with Crippen molar-refractivity contribution in [3.63, 3.8) is 0 Å². The van der Waals surface area contributed by atoms with Gasteiger partial charge in [0.1, 0.15) is 6.54 Å². The van der Waals surface area contributed by atoms with Crippen molar-refractivity contribution in [3.05, 3.63) is 20.8 Å². The van der Waals surface area contributed by atoms with E-state index in [4.69, 9.17) is 5.26 Å². The van der Waals surface area contributed by atoms with Crippen LogP contribution in [0.1, 0.15) is 10.9 Å². The average molecular weight is 286 g/mol. The van der Waals surface area contributed by atoms with Gasteiger partial charge in [-0.2, -0.15) is 5.26 Å². The summed E-state index contributed by atoms with van der Waals surface area (Å²) in [6.45, 7) is 0.716. The molecule has 1 aromatic rings. The number of nitriles is 1. The summed E-state index contributed by atoms with van der Waals surface area (Å²) in [4.78, 5) is 14.0. The highest BCUT2D eigenvalue weighted by Gasteiger charge is 2.30. The number of carbonyl (C=O) groups is 1. The van der Waals surface area contributed by atoms with E-state index < -0.39 is 0 Å². The van der Waals surface area contributed by atoms with Gasteiger partial charge in [-0.3, -0.25) is 0 Å². The maximum absolute atomic E-state index is 11.4. The molecular formula is C9H8BrN3OS. The Labute approximate surface area is 99.6 Å². The van der Waals surface area contributed by atoms with Gasteiger partial charge in [0.05, 0.1) is 12.1 Å². The Hall–Kier alpha value is -1.06. The summed E-state index contributed by atoms with van der Waals surface area (Å²) >= 11 is 4.97. The van der Waals surface area contributed by atoms with Crippen molar-refractivity contribution in [1.82, 2.24) is 10.2 Å². The van der Waals surface area contributed by atoms with Crippen LogP contribution >= 0.6 is 27.3 Å². The van der Waals surface area contributed by atoms with Crippen molar-refractivity contribution in [2.45, 2.75) is 6.04 Å². The first kappa shape index (κ1) is 10.5. The van der Waals surface area contributed by atoms with Crippen LogP contribution in [-0.2, 0) is 0 Å². The Morgan fingerprint density at radius 3 is 3.20 bits per heavy atom. The molecule has 1 aliphatic rings. The Kier molecular flexibility index (Phi) is 2.93. The molecule has 2 rings (SSSR count). The van der Waals surface area contributed by atoms with Crippen molar-refractivity contribution >= 4 is 33.3 Å². The molecular weight excluding hydrogens is 278 g/mol. The van der Waals surface area contributed by atoms with Gasteiger partial charge in [0.25, 0.3) is 0 Å². The molecule has 0 bridgehead atoms. The number of carbonyl (C=O) groups excluding carboxylic acids is 1. The minimum Gasteiger partial charge on any atom is -0.329 e. The third kappa shape index (κ3) is 2.13. The summed E-state index contributed by atoms with van der Waals surface area (Å²) in [5.41, 5.74) is 0. The largest absolute Gasteiger partial charge is 0.329 e. The smallest absolute Gasteiger partial charge is 0.318 e. The lowest BCUT2D eigenvalue weighted by Gasteiger charge is -2.08. The zero-order chi connectivity index (χ0) is 10.8. The van der Waals surface area contributed by atoms with E-state index in [2.05, 4.69) is 21.2 Å². The lowest BCUT2D eigenvalue weighted by atomic mass is 10.2.